The van der Waals surface area contributed by atoms with Gasteiger partial charge in [0.1, 0.15) is 0 Å². The molecule has 3 aromatic carbocycles. The van der Waals surface area contributed by atoms with E-state index in [1.165, 1.54) is 72.8 Å². The van der Waals surface area contributed by atoms with Crippen molar-refractivity contribution in [3.8, 4) is 17.2 Å². The number of carboxylic acid groups (broad SMARTS) is 3. The van der Waals surface area contributed by atoms with Crippen molar-refractivity contribution in [1.82, 2.24) is 0 Å². The average Bonchev–Trinajstić information content (AvgIpc) is 3.41. The van der Waals surface area contributed by atoms with Gasteiger partial charge in [0.2, 0.25) is 0 Å². The van der Waals surface area contributed by atoms with Gasteiger partial charge in [0.15, 0.2) is 0 Å². The van der Waals surface area contributed by atoms with Crippen LogP contribution in [0.3, 0.4) is 0 Å². The monoisotopic (exact) mass is 524 g/mol. The van der Waals surface area contributed by atoms with Crippen molar-refractivity contribution in [3.05, 3.63) is 114 Å². The summed E-state index contributed by atoms with van der Waals surface area (Å²) in [6.07, 6.45) is 10.0. The first kappa shape index (κ1) is 31.7. The minimum absolute atomic E-state index is 0. The van der Waals surface area contributed by atoms with Gasteiger partial charge in [-0.1, -0.05) is 71.8 Å². The normalized spacial score (nSPS) is 10.1. The quantitative estimate of drug-likeness (QED) is 0.343. The van der Waals surface area contributed by atoms with Crippen LogP contribution in [0.15, 0.2) is 91.0 Å². The fourth-order valence-electron chi connectivity index (χ4n) is 2.27. The van der Waals surface area contributed by atoms with Gasteiger partial charge in [0.25, 0.3) is 0 Å². The molecule has 0 bridgehead atoms. The van der Waals surface area contributed by atoms with Gasteiger partial charge in [0, 0.05) is 0 Å². The molecule has 9 nitrogen and oxygen atoms in total. The third kappa shape index (κ3) is 11.7. The zero-order valence-corrected chi connectivity index (χ0v) is 20.2. The number of hydrogen-bond donors (Lipinski definition) is 3. The van der Waals surface area contributed by atoms with E-state index in [-0.39, 0.29) is 38.4 Å². The van der Waals surface area contributed by atoms with Crippen molar-refractivity contribution < 1.29 is 66.7 Å². The van der Waals surface area contributed by atoms with E-state index in [1.54, 1.807) is 0 Å². The van der Waals surface area contributed by atoms with Crippen molar-refractivity contribution in [2.45, 2.75) is 6.42 Å². The largest absolute Gasteiger partial charge is 4.00 e. The Hall–Kier alpha value is -4.34. The second-order valence-corrected chi connectivity index (χ2v) is 6.41. The van der Waals surface area contributed by atoms with Gasteiger partial charge < -0.3 is 30.6 Å². The zero-order valence-electron chi connectivity index (χ0n) is 18.7. The van der Waals surface area contributed by atoms with E-state index in [9.17, 15) is 29.7 Å². The van der Waals surface area contributed by atoms with E-state index >= 15 is 0 Å². The van der Waals surface area contributed by atoms with E-state index in [0.29, 0.717) is 0 Å². The van der Waals surface area contributed by atoms with Gasteiger partial charge in [-0.3, -0.25) is 6.08 Å². The summed E-state index contributed by atoms with van der Waals surface area (Å²) in [6, 6.07) is 16.6. The minimum atomic E-state index is -1.18. The summed E-state index contributed by atoms with van der Waals surface area (Å²) in [5, 5.41) is 57.1. The molecular weight excluding hydrogens is 504 g/mol. The SMILES string of the molecule is O=C(O)c1ccccc1[O-].O=C(O)c1ccccc1[O-].O=C(O)c1ccccc1[O-].[C-]1=CC=CC1.[Ti+4]. The molecule has 3 N–H and O–H groups in total. The molecule has 0 saturated carbocycles. The predicted molar refractivity (Wildman–Crippen MR) is 120 cm³/mol. The third-order valence-corrected chi connectivity index (χ3v) is 3.94. The fraction of sp³-hybridized carbons (Fsp3) is 0.0385. The first-order valence-electron chi connectivity index (χ1n) is 9.84. The molecule has 0 aliphatic heterocycles. The molecule has 36 heavy (non-hydrogen) atoms. The molecule has 0 spiro atoms. The summed E-state index contributed by atoms with van der Waals surface area (Å²) >= 11 is 0. The Balaban J connectivity index is 0.000000460. The molecule has 0 fully saturated rings. The molecular formula is C26H20O9Ti. The molecule has 0 aromatic heterocycles. The van der Waals surface area contributed by atoms with Crippen LogP contribution >= 0.6 is 0 Å². The number of carbonyl (C=O) groups is 3. The summed E-state index contributed by atoms with van der Waals surface area (Å²) in [7, 11) is 0. The Kier molecular flexibility index (Phi) is 15.1. The summed E-state index contributed by atoms with van der Waals surface area (Å²) in [4.78, 5) is 30.7. The van der Waals surface area contributed by atoms with Crippen LogP contribution in [0.4, 0.5) is 0 Å². The van der Waals surface area contributed by atoms with Gasteiger partial charge in [-0.2, -0.15) is 6.08 Å². The smallest absolute Gasteiger partial charge is 0.872 e. The first-order valence-corrected chi connectivity index (χ1v) is 9.84. The fourth-order valence-corrected chi connectivity index (χ4v) is 2.27. The molecule has 1 aliphatic rings. The zero-order chi connectivity index (χ0) is 26.2. The van der Waals surface area contributed by atoms with Crippen LogP contribution in [0.5, 0.6) is 17.2 Å². The Bertz CT molecular complexity index is 1060. The molecule has 0 radical (unpaired) electrons. The average molecular weight is 524 g/mol. The topological polar surface area (TPSA) is 181 Å². The van der Waals surface area contributed by atoms with Crippen LogP contribution < -0.4 is 15.3 Å². The van der Waals surface area contributed by atoms with Crippen LogP contribution in [-0.2, 0) is 21.7 Å². The Labute approximate surface area is 221 Å². The number of aromatic carboxylic acids is 3. The molecule has 0 heterocycles. The van der Waals surface area contributed by atoms with Crippen molar-refractivity contribution in [3.63, 3.8) is 0 Å². The van der Waals surface area contributed by atoms with Gasteiger partial charge in [-0.25, -0.2) is 26.5 Å². The third-order valence-electron chi connectivity index (χ3n) is 3.94. The van der Waals surface area contributed by atoms with Gasteiger partial charge >= 0.3 is 39.6 Å². The van der Waals surface area contributed by atoms with Gasteiger partial charge in [0.05, 0.1) is 16.7 Å². The predicted octanol–water partition coefficient (Wildman–Crippen LogP) is 2.68. The summed E-state index contributed by atoms with van der Waals surface area (Å²) < 4.78 is 0. The molecule has 3 aromatic rings. The molecule has 10 heteroatoms. The van der Waals surface area contributed by atoms with Crippen molar-refractivity contribution in [1.29, 1.82) is 0 Å². The van der Waals surface area contributed by atoms with E-state index in [1.807, 2.05) is 12.2 Å². The molecule has 0 unspecified atom stereocenters. The molecule has 1 aliphatic carbocycles. The Morgan fingerprint density at radius 3 is 1.06 bits per heavy atom. The van der Waals surface area contributed by atoms with E-state index in [4.69, 9.17) is 15.3 Å². The Morgan fingerprint density at radius 1 is 0.611 bits per heavy atom. The number of allylic oxidation sites excluding steroid dienone is 4. The number of benzene rings is 3. The van der Waals surface area contributed by atoms with E-state index in [2.05, 4.69) is 12.2 Å². The summed E-state index contributed by atoms with van der Waals surface area (Å²) in [5.41, 5.74) is -0.535. The van der Waals surface area contributed by atoms with Crippen LogP contribution in [0.1, 0.15) is 37.5 Å². The second-order valence-electron chi connectivity index (χ2n) is 6.41. The van der Waals surface area contributed by atoms with Crippen molar-refractivity contribution in [2.24, 2.45) is 0 Å². The number of carboxylic acids is 3. The summed E-state index contributed by atoms with van der Waals surface area (Å²) in [5.74, 6) is -4.87. The van der Waals surface area contributed by atoms with Crippen LogP contribution in [0.2, 0.25) is 0 Å². The maximum Gasteiger partial charge on any atom is 4.00 e. The summed E-state index contributed by atoms with van der Waals surface area (Å²) in [6.45, 7) is 0. The minimum Gasteiger partial charge on any atom is -0.872 e. The molecule has 0 saturated heterocycles. The second kappa shape index (κ2) is 17.2. The van der Waals surface area contributed by atoms with Crippen LogP contribution in [-0.4, -0.2) is 33.2 Å². The molecule has 0 atom stereocenters. The Morgan fingerprint density at radius 2 is 0.917 bits per heavy atom. The maximum atomic E-state index is 10.7. The van der Waals surface area contributed by atoms with Gasteiger partial charge in [-0.05, 0) is 18.2 Å². The molecule has 4 rings (SSSR count). The van der Waals surface area contributed by atoms with E-state index < -0.39 is 35.2 Å². The van der Waals surface area contributed by atoms with Gasteiger partial charge in [-0.15, -0.1) is 6.42 Å². The first-order chi connectivity index (χ1) is 16.6. The van der Waals surface area contributed by atoms with Crippen molar-refractivity contribution in [2.75, 3.05) is 0 Å². The van der Waals surface area contributed by atoms with Crippen molar-refractivity contribution >= 4 is 17.9 Å². The standard InChI is InChI=1S/3C7H6O3.C5H5.Ti/c3*8-6-4-2-1-3-5(6)7(9)10;1-2-4-5-3-1;/h3*1-4,8H,(H,9,10);1-3H,4H2;/q;;;-1;+4/p-3. The number of para-hydroxylation sites is 3. The number of hydrogen-bond acceptors (Lipinski definition) is 6. The molecule has 182 valence electrons. The maximum absolute atomic E-state index is 10.7. The number of rotatable bonds is 3. The van der Waals surface area contributed by atoms with Crippen LogP contribution in [0, 0.1) is 6.08 Å². The van der Waals surface area contributed by atoms with E-state index in [0.717, 1.165) is 6.42 Å². The molecule has 0 amide bonds. The van der Waals surface area contributed by atoms with Crippen LogP contribution in [0.25, 0.3) is 0 Å².